The van der Waals surface area contributed by atoms with Crippen LogP contribution in [0.25, 0.3) is 0 Å². The number of benzene rings is 1. The van der Waals surface area contributed by atoms with Crippen LogP contribution < -0.4 is 14.5 Å². The van der Waals surface area contributed by atoms with Gasteiger partial charge in [0.25, 0.3) is 0 Å². The number of carbonyl (C=O) groups is 1. The quantitative estimate of drug-likeness (QED) is 0.864. The zero-order valence-corrected chi connectivity index (χ0v) is 12.6. The first-order chi connectivity index (χ1) is 11.0. The summed E-state index contributed by atoms with van der Waals surface area (Å²) in [5, 5.41) is 0. The number of nitrogens with one attached hydrogen (secondary N) is 1. The first kappa shape index (κ1) is 15.4. The van der Waals surface area contributed by atoms with Gasteiger partial charge in [-0.05, 0) is 36.4 Å². The van der Waals surface area contributed by atoms with Gasteiger partial charge >= 0.3 is 6.03 Å². The summed E-state index contributed by atoms with van der Waals surface area (Å²) in [7, 11) is 0. The molecular weight excluding hydrogens is 323 g/mol. The van der Waals surface area contributed by atoms with Crippen molar-refractivity contribution in [3.63, 3.8) is 0 Å². The molecule has 1 unspecified atom stereocenters. The van der Waals surface area contributed by atoms with Gasteiger partial charge in [-0.1, -0.05) is 0 Å². The minimum Gasteiger partial charge on any atom is -0.755 e. The average Bonchev–Trinajstić information content (AvgIpc) is 2.90. The summed E-state index contributed by atoms with van der Waals surface area (Å²) in [5.74, 6) is -0.0740. The van der Waals surface area contributed by atoms with Crippen LogP contribution in [0.15, 0.2) is 42.6 Å². The molecule has 2 heterocycles. The van der Waals surface area contributed by atoms with E-state index in [2.05, 4.69) is 9.71 Å². The van der Waals surface area contributed by atoms with Gasteiger partial charge in [0, 0.05) is 35.7 Å². The molecule has 1 saturated heterocycles. The lowest BCUT2D eigenvalue weighted by molar-refractivity contribution is 0.255. The molecule has 1 aromatic carbocycles. The number of anilines is 3. The molecule has 3 rings (SSSR count). The van der Waals surface area contributed by atoms with Crippen LogP contribution in [0, 0.1) is 5.82 Å². The van der Waals surface area contributed by atoms with Gasteiger partial charge in [-0.2, -0.15) is 0 Å². The number of halogens is 1. The Balaban J connectivity index is 1.76. The van der Waals surface area contributed by atoms with E-state index in [1.54, 1.807) is 29.2 Å². The summed E-state index contributed by atoms with van der Waals surface area (Å²) in [5.41, 5.74) is 1.05. The first-order valence-electron chi connectivity index (χ1n) is 6.71. The molecule has 0 saturated carbocycles. The Kier molecular flexibility index (Phi) is 4.22. The maximum Gasteiger partial charge on any atom is 0.330 e. The van der Waals surface area contributed by atoms with Gasteiger partial charge in [-0.3, -0.25) is 14.0 Å². The Morgan fingerprint density at radius 1 is 1.13 bits per heavy atom. The number of rotatable bonds is 4. The fourth-order valence-electron chi connectivity index (χ4n) is 2.32. The van der Waals surface area contributed by atoms with Crippen LogP contribution in [0.1, 0.15) is 0 Å². The molecule has 1 atom stereocenters. The van der Waals surface area contributed by atoms with E-state index in [-0.39, 0.29) is 6.03 Å². The summed E-state index contributed by atoms with van der Waals surface area (Å²) in [6.45, 7) is 0.889. The van der Waals surface area contributed by atoms with E-state index in [9.17, 15) is 17.9 Å². The standard InChI is InChI=1S/C14H13FN4O3S/c15-10-1-6-13(16-9-10)19-8-7-18(14(19)20)12-4-2-11(3-5-12)17-23(21)22/h1-6,9,17H,7-8H2,(H,21,22)/p-1. The minimum atomic E-state index is -2.39. The molecule has 2 amide bonds. The lowest BCUT2D eigenvalue weighted by Crippen LogP contribution is -2.32. The summed E-state index contributed by atoms with van der Waals surface area (Å²) >= 11 is -2.39. The van der Waals surface area contributed by atoms with Crippen molar-refractivity contribution < 1.29 is 17.9 Å². The molecule has 1 fully saturated rings. The van der Waals surface area contributed by atoms with Crippen LogP contribution >= 0.6 is 0 Å². The Morgan fingerprint density at radius 3 is 2.43 bits per heavy atom. The number of amides is 2. The maximum absolute atomic E-state index is 12.9. The van der Waals surface area contributed by atoms with Crippen LogP contribution in [-0.2, 0) is 11.3 Å². The normalized spacial score (nSPS) is 15.8. The second-order valence-corrected chi connectivity index (χ2v) is 5.48. The van der Waals surface area contributed by atoms with Gasteiger partial charge in [0.2, 0.25) is 0 Å². The third-order valence-electron chi connectivity index (χ3n) is 3.38. The third-order valence-corrected chi connectivity index (χ3v) is 3.78. The molecule has 23 heavy (non-hydrogen) atoms. The molecule has 0 aliphatic carbocycles. The van der Waals surface area contributed by atoms with Gasteiger partial charge in [-0.25, -0.2) is 14.2 Å². The van der Waals surface area contributed by atoms with Crippen LogP contribution in [0.4, 0.5) is 26.4 Å². The van der Waals surface area contributed by atoms with E-state index >= 15 is 0 Å². The molecule has 7 nitrogen and oxygen atoms in total. The van der Waals surface area contributed by atoms with Crippen molar-refractivity contribution in [1.29, 1.82) is 0 Å². The first-order valence-corrected chi connectivity index (χ1v) is 7.78. The molecule has 0 radical (unpaired) electrons. The zero-order valence-electron chi connectivity index (χ0n) is 11.8. The monoisotopic (exact) mass is 335 g/mol. The lowest BCUT2D eigenvalue weighted by atomic mass is 10.2. The smallest absolute Gasteiger partial charge is 0.330 e. The van der Waals surface area contributed by atoms with E-state index < -0.39 is 17.1 Å². The van der Waals surface area contributed by atoms with Crippen molar-refractivity contribution in [3.8, 4) is 0 Å². The van der Waals surface area contributed by atoms with E-state index in [1.807, 2.05) is 0 Å². The molecule has 1 aliphatic rings. The molecule has 1 N–H and O–H groups in total. The lowest BCUT2D eigenvalue weighted by Gasteiger charge is -2.18. The second-order valence-electron chi connectivity index (χ2n) is 4.80. The highest BCUT2D eigenvalue weighted by molar-refractivity contribution is 7.80. The molecule has 1 aliphatic heterocycles. The number of carbonyl (C=O) groups excluding carboxylic acids is 1. The molecule has 2 aromatic rings. The van der Waals surface area contributed by atoms with Crippen molar-refractivity contribution >= 4 is 34.5 Å². The van der Waals surface area contributed by atoms with Gasteiger partial charge in [0.15, 0.2) is 0 Å². The zero-order chi connectivity index (χ0) is 16.4. The predicted molar refractivity (Wildman–Crippen MR) is 83.3 cm³/mol. The largest absolute Gasteiger partial charge is 0.755 e. The molecule has 0 bridgehead atoms. The van der Waals surface area contributed by atoms with Crippen molar-refractivity contribution in [2.45, 2.75) is 0 Å². The van der Waals surface area contributed by atoms with Crippen molar-refractivity contribution in [2.24, 2.45) is 0 Å². The summed E-state index contributed by atoms with van der Waals surface area (Å²) in [6.07, 6.45) is 1.06. The second kappa shape index (κ2) is 6.31. The van der Waals surface area contributed by atoms with Crippen molar-refractivity contribution in [3.05, 3.63) is 48.4 Å². The fraction of sp³-hybridized carbons (Fsp3) is 0.143. The fourth-order valence-corrected chi connectivity index (χ4v) is 2.65. The SMILES string of the molecule is O=C1N(c2ccc(NS(=O)[O-])cc2)CCN1c1ccc(F)cn1. The average molecular weight is 335 g/mol. The van der Waals surface area contributed by atoms with E-state index in [1.165, 1.54) is 17.0 Å². The number of nitrogens with zero attached hydrogens (tertiary/aromatic N) is 3. The highest BCUT2D eigenvalue weighted by Crippen LogP contribution is 2.25. The summed E-state index contributed by atoms with van der Waals surface area (Å²) < 4.78 is 36.3. The van der Waals surface area contributed by atoms with E-state index in [0.29, 0.717) is 30.3 Å². The highest BCUT2D eigenvalue weighted by atomic mass is 32.2. The minimum absolute atomic E-state index is 0.266. The number of urea groups is 1. The number of hydrogen-bond acceptors (Lipinski definition) is 4. The van der Waals surface area contributed by atoms with Crippen molar-refractivity contribution in [2.75, 3.05) is 27.6 Å². The number of hydrogen-bond donors (Lipinski definition) is 1. The summed E-state index contributed by atoms with van der Waals surface area (Å²) in [6, 6.07) is 8.87. The summed E-state index contributed by atoms with van der Waals surface area (Å²) in [4.78, 5) is 19.4. The highest BCUT2D eigenvalue weighted by Gasteiger charge is 2.31. The van der Waals surface area contributed by atoms with Crippen LogP contribution in [0.3, 0.4) is 0 Å². The van der Waals surface area contributed by atoms with E-state index in [0.717, 1.165) is 6.20 Å². The predicted octanol–water partition coefficient (Wildman–Crippen LogP) is 1.87. The van der Waals surface area contributed by atoms with Gasteiger partial charge in [0.1, 0.15) is 11.6 Å². The molecular formula is C14H12FN4O3S-. The van der Waals surface area contributed by atoms with Crippen LogP contribution in [0.5, 0.6) is 0 Å². The van der Waals surface area contributed by atoms with Gasteiger partial charge < -0.3 is 9.27 Å². The Labute approximate surface area is 134 Å². The Bertz CT molecular complexity index is 739. The number of aromatic nitrogens is 1. The molecule has 1 aromatic heterocycles. The van der Waals surface area contributed by atoms with E-state index in [4.69, 9.17) is 0 Å². The Morgan fingerprint density at radius 2 is 1.83 bits per heavy atom. The maximum atomic E-state index is 12.9. The van der Waals surface area contributed by atoms with Crippen LogP contribution in [-0.4, -0.2) is 32.9 Å². The van der Waals surface area contributed by atoms with Gasteiger partial charge in [-0.15, -0.1) is 0 Å². The Hall–Kier alpha value is -2.52. The number of pyridine rings is 1. The van der Waals surface area contributed by atoms with Gasteiger partial charge in [0.05, 0.1) is 6.20 Å². The molecule has 120 valence electrons. The topological polar surface area (TPSA) is 88.6 Å². The molecule has 0 spiro atoms. The third kappa shape index (κ3) is 3.30. The molecule has 9 heteroatoms. The van der Waals surface area contributed by atoms with Crippen molar-refractivity contribution in [1.82, 2.24) is 4.98 Å². The van der Waals surface area contributed by atoms with Crippen LogP contribution in [0.2, 0.25) is 0 Å².